The van der Waals surface area contributed by atoms with Crippen molar-refractivity contribution in [1.29, 1.82) is 0 Å². The van der Waals surface area contributed by atoms with Crippen LogP contribution in [0.4, 0.5) is 0 Å². The lowest BCUT2D eigenvalue weighted by Crippen LogP contribution is -2.28. The molecule has 1 saturated heterocycles. The first-order valence-corrected chi connectivity index (χ1v) is 13.4. The van der Waals surface area contributed by atoms with Gasteiger partial charge in [-0.15, -0.1) is 0 Å². The van der Waals surface area contributed by atoms with Crippen LogP contribution >= 0.6 is 34.4 Å². The largest absolute Gasteiger partial charge is 0.490 e. The second-order valence-electron chi connectivity index (χ2n) is 7.77. The van der Waals surface area contributed by atoms with Crippen molar-refractivity contribution < 1.29 is 14.3 Å². The van der Waals surface area contributed by atoms with Crippen molar-refractivity contribution in [3.63, 3.8) is 0 Å². The monoisotopic (exact) mass is 598 g/mol. The molecule has 0 unspecified atom stereocenters. The summed E-state index contributed by atoms with van der Waals surface area (Å²) < 4.78 is 12.6. The highest BCUT2D eigenvalue weighted by molar-refractivity contribution is 14.1. The Morgan fingerprint density at radius 3 is 2.26 bits per heavy atom. The maximum atomic E-state index is 13.5. The van der Waals surface area contributed by atoms with Crippen molar-refractivity contribution in [2.24, 2.45) is 4.99 Å². The van der Waals surface area contributed by atoms with Crippen LogP contribution in [0.3, 0.4) is 0 Å². The molecule has 1 aliphatic rings. The van der Waals surface area contributed by atoms with Crippen LogP contribution in [0.2, 0.25) is 0 Å². The van der Waals surface area contributed by atoms with Crippen LogP contribution in [-0.2, 0) is 17.9 Å². The molecular formula is C28H27IN2O3S. The molecule has 180 valence electrons. The van der Waals surface area contributed by atoms with Gasteiger partial charge in [0.15, 0.2) is 16.7 Å². The molecule has 1 aliphatic heterocycles. The van der Waals surface area contributed by atoms with E-state index in [-0.39, 0.29) is 5.91 Å². The standard InChI is InChI=1S/C28H27IN2O3S/c1-3-33-24-16-22(15-23(29)26(24)34-4-2)17-25-27(32)31(19-21-13-9-6-10-14-21)28(35-25)30-18-20-11-7-5-8-12-20/h5-17H,3-4,18-19H2,1-2H3. The number of amidine groups is 1. The molecule has 0 saturated carbocycles. The highest BCUT2D eigenvalue weighted by Gasteiger charge is 2.33. The minimum absolute atomic E-state index is 0.0486. The second-order valence-corrected chi connectivity index (χ2v) is 9.94. The van der Waals surface area contributed by atoms with Gasteiger partial charge in [0.25, 0.3) is 5.91 Å². The van der Waals surface area contributed by atoms with Gasteiger partial charge in [0.1, 0.15) is 0 Å². The van der Waals surface area contributed by atoms with Gasteiger partial charge in [-0.2, -0.15) is 0 Å². The van der Waals surface area contributed by atoms with E-state index in [1.165, 1.54) is 11.8 Å². The average Bonchev–Trinajstić information content (AvgIpc) is 3.15. The fourth-order valence-corrected chi connectivity index (χ4v) is 5.40. The van der Waals surface area contributed by atoms with Crippen LogP contribution < -0.4 is 9.47 Å². The first-order valence-electron chi connectivity index (χ1n) is 11.5. The zero-order chi connectivity index (χ0) is 24.6. The number of carbonyl (C=O) groups is 1. The number of rotatable bonds is 9. The van der Waals surface area contributed by atoms with E-state index in [2.05, 4.69) is 22.6 Å². The Morgan fingerprint density at radius 2 is 1.60 bits per heavy atom. The Morgan fingerprint density at radius 1 is 0.943 bits per heavy atom. The molecule has 0 N–H and O–H groups in total. The van der Waals surface area contributed by atoms with Gasteiger partial charge in [-0.25, -0.2) is 0 Å². The number of ether oxygens (including phenoxy) is 2. The van der Waals surface area contributed by atoms with Crippen molar-refractivity contribution >= 4 is 51.5 Å². The molecule has 0 aliphatic carbocycles. The zero-order valence-electron chi connectivity index (χ0n) is 19.7. The van der Waals surface area contributed by atoms with Crippen LogP contribution in [0.5, 0.6) is 11.5 Å². The van der Waals surface area contributed by atoms with E-state index < -0.39 is 0 Å². The molecule has 0 bridgehead atoms. The van der Waals surface area contributed by atoms with Gasteiger partial charge in [-0.3, -0.25) is 14.7 Å². The minimum Gasteiger partial charge on any atom is -0.490 e. The molecule has 5 nitrogen and oxygen atoms in total. The van der Waals surface area contributed by atoms with Gasteiger partial charge in [-0.05, 0) is 83.1 Å². The molecule has 1 amide bonds. The average molecular weight is 599 g/mol. The summed E-state index contributed by atoms with van der Waals surface area (Å²) in [6, 6.07) is 24.0. The van der Waals surface area contributed by atoms with Crippen LogP contribution in [0.25, 0.3) is 6.08 Å². The van der Waals surface area contributed by atoms with E-state index in [4.69, 9.17) is 14.5 Å². The maximum absolute atomic E-state index is 13.5. The number of hydrogen-bond acceptors (Lipinski definition) is 5. The summed E-state index contributed by atoms with van der Waals surface area (Å²) in [7, 11) is 0. The number of amides is 1. The summed E-state index contributed by atoms with van der Waals surface area (Å²) in [4.78, 5) is 20.7. The van der Waals surface area contributed by atoms with Gasteiger partial charge < -0.3 is 9.47 Å². The number of thioether (sulfide) groups is 1. The molecule has 0 radical (unpaired) electrons. The van der Waals surface area contributed by atoms with Gasteiger partial charge >= 0.3 is 0 Å². The predicted molar refractivity (Wildman–Crippen MR) is 152 cm³/mol. The van der Waals surface area contributed by atoms with E-state index in [1.807, 2.05) is 92.7 Å². The summed E-state index contributed by atoms with van der Waals surface area (Å²) in [6.07, 6.45) is 1.91. The lowest BCUT2D eigenvalue weighted by Gasteiger charge is -2.16. The van der Waals surface area contributed by atoms with Crippen molar-refractivity contribution in [3.8, 4) is 11.5 Å². The molecule has 0 aromatic heterocycles. The van der Waals surface area contributed by atoms with E-state index >= 15 is 0 Å². The highest BCUT2D eigenvalue weighted by atomic mass is 127. The van der Waals surface area contributed by atoms with Crippen LogP contribution in [0.1, 0.15) is 30.5 Å². The molecule has 7 heteroatoms. The molecule has 3 aromatic carbocycles. The first-order chi connectivity index (χ1) is 17.1. The molecule has 4 rings (SSSR count). The number of nitrogens with zero attached hydrogens (tertiary/aromatic N) is 2. The Labute approximate surface area is 224 Å². The van der Waals surface area contributed by atoms with E-state index in [9.17, 15) is 4.79 Å². The lowest BCUT2D eigenvalue weighted by atomic mass is 10.1. The SMILES string of the molecule is CCOc1cc(C=C2SC(=NCc3ccccc3)N(Cc3ccccc3)C2=O)cc(I)c1OCC. The number of hydrogen-bond donors (Lipinski definition) is 0. The zero-order valence-corrected chi connectivity index (χ0v) is 22.7. The Hall–Kier alpha value is -2.78. The van der Waals surface area contributed by atoms with E-state index in [0.717, 1.165) is 26.0 Å². The number of benzene rings is 3. The van der Waals surface area contributed by atoms with Gasteiger partial charge in [0.05, 0.1) is 34.8 Å². The third-order valence-corrected chi connectivity index (χ3v) is 7.08. The smallest absolute Gasteiger partial charge is 0.267 e. The van der Waals surface area contributed by atoms with E-state index in [0.29, 0.717) is 42.1 Å². The predicted octanol–water partition coefficient (Wildman–Crippen LogP) is 6.76. The Kier molecular flexibility index (Phi) is 8.87. The summed E-state index contributed by atoms with van der Waals surface area (Å²) in [5.41, 5.74) is 3.05. The van der Waals surface area contributed by atoms with Gasteiger partial charge in [-0.1, -0.05) is 60.7 Å². The van der Waals surface area contributed by atoms with Crippen molar-refractivity contribution in [3.05, 3.63) is 98.0 Å². The van der Waals surface area contributed by atoms with Crippen molar-refractivity contribution in [2.75, 3.05) is 13.2 Å². The molecule has 3 aromatic rings. The maximum Gasteiger partial charge on any atom is 0.267 e. The molecular weight excluding hydrogens is 571 g/mol. The molecule has 1 heterocycles. The minimum atomic E-state index is -0.0486. The Balaban J connectivity index is 1.66. The third-order valence-electron chi connectivity index (χ3n) is 5.23. The normalized spacial score (nSPS) is 15.7. The number of carbonyl (C=O) groups excluding carboxylic acids is 1. The fourth-order valence-electron chi connectivity index (χ4n) is 3.64. The molecule has 35 heavy (non-hydrogen) atoms. The summed E-state index contributed by atoms with van der Waals surface area (Å²) in [5.74, 6) is 1.37. The number of halogens is 1. The van der Waals surface area contributed by atoms with Crippen molar-refractivity contribution in [2.45, 2.75) is 26.9 Å². The van der Waals surface area contributed by atoms with Crippen LogP contribution in [-0.4, -0.2) is 29.2 Å². The topological polar surface area (TPSA) is 51.1 Å². The summed E-state index contributed by atoms with van der Waals surface area (Å²) in [6.45, 7) is 5.98. The quantitative estimate of drug-likeness (QED) is 0.202. The lowest BCUT2D eigenvalue weighted by molar-refractivity contribution is -0.122. The highest BCUT2D eigenvalue weighted by Crippen LogP contribution is 2.38. The molecule has 1 fully saturated rings. The first kappa shape index (κ1) is 25.3. The summed E-state index contributed by atoms with van der Waals surface area (Å²) in [5, 5.41) is 0.708. The fraction of sp³-hybridized carbons (Fsp3) is 0.214. The van der Waals surface area contributed by atoms with Crippen LogP contribution in [0, 0.1) is 3.57 Å². The van der Waals surface area contributed by atoms with Crippen molar-refractivity contribution in [1.82, 2.24) is 4.90 Å². The second kappa shape index (κ2) is 12.3. The van der Waals surface area contributed by atoms with Gasteiger partial charge in [0, 0.05) is 0 Å². The summed E-state index contributed by atoms with van der Waals surface area (Å²) >= 11 is 3.66. The molecule has 0 atom stereocenters. The van der Waals surface area contributed by atoms with E-state index in [1.54, 1.807) is 4.90 Å². The number of aliphatic imine (C=N–C) groups is 1. The third kappa shape index (κ3) is 6.46. The van der Waals surface area contributed by atoms with Crippen LogP contribution in [0.15, 0.2) is 82.7 Å². The Bertz CT molecular complexity index is 1230. The van der Waals surface area contributed by atoms with Gasteiger partial charge in [0.2, 0.25) is 0 Å². The molecule has 0 spiro atoms.